The Kier molecular flexibility index (Phi) is 6.71. The van der Waals surface area contributed by atoms with Crippen LogP contribution in [-0.2, 0) is 18.0 Å². The van der Waals surface area contributed by atoms with Gasteiger partial charge in [-0.3, -0.25) is 9.48 Å². The van der Waals surface area contributed by atoms with Gasteiger partial charge < -0.3 is 19.6 Å². The lowest BCUT2D eigenvalue weighted by molar-refractivity contribution is -0.143. The molecular formula is C22H24F3N5O4. The van der Waals surface area contributed by atoms with E-state index >= 15 is 0 Å². The predicted octanol–water partition coefficient (Wildman–Crippen LogP) is 3.38. The van der Waals surface area contributed by atoms with E-state index in [0.717, 1.165) is 25.6 Å². The molecule has 1 aliphatic rings. The Hall–Kier alpha value is -3.25. The van der Waals surface area contributed by atoms with Crippen molar-refractivity contribution in [1.29, 1.82) is 0 Å². The average molecular weight is 479 g/mol. The number of benzene rings is 1. The highest BCUT2D eigenvalue weighted by atomic mass is 19.4. The Morgan fingerprint density at radius 1 is 1.29 bits per heavy atom. The monoisotopic (exact) mass is 479 g/mol. The zero-order valence-electron chi connectivity index (χ0n) is 18.4. The Bertz CT molecular complexity index is 1140. The summed E-state index contributed by atoms with van der Waals surface area (Å²) in [4.78, 5) is 17.1. The van der Waals surface area contributed by atoms with Crippen molar-refractivity contribution in [2.24, 2.45) is 13.0 Å². The Labute approximate surface area is 192 Å². The van der Waals surface area contributed by atoms with Gasteiger partial charge in [0.1, 0.15) is 0 Å². The summed E-state index contributed by atoms with van der Waals surface area (Å²) in [6.45, 7) is 1.80. The molecule has 1 saturated heterocycles. The van der Waals surface area contributed by atoms with Crippen molar-refractivity contribution in [3.05, 3.63) is 41.7 Å². The highest BCUT2D eigenvalue weighted by Gasteiger charge is 2.39. The van der Waals surface area contributed by atoms with Crippen molar-refractivity contribution < 1.29 is 32.7 Å². The first-order chi connectivity index (χ1) is 16.1. The van der Waals surface area contributed by atoms with Gasteiger partial charge in [0.2, 0.25) is 5.82 Å². The predicted molar refractivity (Wildman–Crippen MR) is 113 cm³/mol. The third kappa shape index (κ3) is 5.28. The van der Waals surface area contributed by atoms with Crippen molar-refractivity contribution in [3.63, 3.8) is 0 Å². The lowest BCUT2D eigenvalue weighted by Crippen LogP contribution is -2.38. The quantitative estimate of drug-likeness (QED) is 0.530. The van der Waals surface area contributed by atoms with E-state index in [1.165, 1.54) is 7.05 Å². The minimum absolute atomic E-state index is 0.0749. The summed E-state index contributed by atoms with van der Waals surface area (Å²) in [6, 6.07) is 6.70. The van der Waals surface area contributed by atoms with E-state index in [1.54, 1.807) is 24.3 Å². The van der Waals surface area contributed by atoms with Crippen LogP contribution >= 0.6 is 0 Å². The molecule has 0 amide bonds. The van der Waals surface area contributed by atoms with Crippen molar-refractivity contribution in [2.45, 2.75) is 31.5 Å². The summed E-state index contributed by atoms with van der Waals surface area (Å²) < 4.78 is 45.7. The molecule has 0 saturated carbocycles. The molecule has 0 spiro atoms. The number of aryl methyl sites for hydroxylation is 1. The number of hydrogen-bond donors (Lipinski definition) is 2. The van der Waals surface area contributed by atoms with Gasteiger partial charge in [-0.1, -0.05) is 29.4 Å². The first kappa shape index (κ1) is 23.9. The average Bonchev–Trinajstić information content (AvgIpc) is 3.40. The molecule has 3 aromatic rings. The minimum atomic E-state index is -4.63. The number of carbonyl (C=O) groups is 1. The number of carboxylic acid groups (broad SMARTS) is 1. The number of aliphatic carboxylic acids is 1. The largest absolute Gasteiger partial charge is 0.481 e. The zero-order valence-corrected chi connectivity index (χ0v) is 18.4. The summed E-state index contributed by atoms with van der Waals surface area (Å²) in [5, 5.41) is 27.1. The van der Waals surface area contributed by atoms with Gasteiger partial charge in [0, 0.05) is 32.1 Å². The van der Waals surface area contributed by atoms with Gasteiger partial charge in [0.25, 0.3) is 5.89 Å². The number of aliphatic hydroxyl groups is 1. The number of β-amino-alcohol motifs (C(OH)–C–C–N with tert-alkyl or cyclic N) is 1. The molecule has 0 aliphatic carbocycles. The van der Waals surface area contributed by atoms with Crippen LogP contribution in [0.15, 0.2) is 35.0 Å². The highest BCUT2D eigenvalue weighted by Crippen LogP contribution is 2.36. The van der Waals surface area contributed by atoms with Crippen molar-refractivity contribution in [2.75, 3.05) is 19.6 Å². The molecule has 12 heteroatoms. The standard InChI is InChI=1S/C22H24F3N5O4/c1-29-19(22(23,24)25)16(10-26-29)21-27-20(28-34-21)15-6-4-14(5-7-15)17(31)12-30-8-2-3-13(11-30)9-18(32)33/h4-7,10,13,17,31H,2-3,8-9,11-12H2,1H3,(H,32,33)/t13-,17-/m1/s1. The first-order valence-corrected chi connectivity index (χ1v) is 10.8. The molecule has 4 rings (SSSR count). The lowest BCUT2D eigenvalue weighted by Gasteiger charge is -2.33. The molecule has 2 N–H and O–H groups in total. The fourth-order valence-electron chi connectivity index (χ4n) is 4.32. The lowest BCUT2D eigenvalue weighted by atomic mass is 9.94. The molecule has 1 aliphatic heterocycles. The Morgan fingerprint density at radius 2 is 2.03 bits per heavy atom. The van der Waals surface area contributed by atoms with Crippen LogP contribution in [0.2, 0.25) is 0 Å². The van der Waals surface area contributed by atoms with Crippen LogP contribution in [0.4, 0.5) is 13.2 Å². The molecule has 2 aromatic heterocycles. The van der Waals surface area contributed by atoms with Crippen LogP contribution in [0.1, 0.15) is 36.6 Å². The second-order valence-corrected chi connectivity index (χ2v) is 8.45. The maximum absolute atomic E-state index is 13.3. The molecule has 0 unspecified atom stereocenters. The Balaban J connectivity index is 1.44. The normalized spacial score (nSPS) is 18.2. The fraction of sp³-hybridized carbons (Fsp3) is 0.455. The summed E-state index contributed by atoms with van der Waals surface area (Å²) in [6.07, 6.45) is -2.50. The fourth-order valence-corrected chi connectivity index (χ4v) is 4.32. The molecule has 182 valence electrons. The number of rotatable bonds is 7. The van der Waals surface area contributed by atoms with Crippen molar-refractivity contribution in [3.8, 4) is 22.8 Å². The van der Waals surface area contributed by atoms with E-state index in [-0.39, 0.29) is 29.6 Å². The van der Waals surface area contributed by atoms with Gasteiger partial charge in [-0.15, -0.1) is 0 Å². The third-order valence-corrected chi connectivity index (χ3v) is 5.91. The number of hydrogen-bond acceptors (Lipinski definition) is 7. The van der Waals surface area contributed by atoms with Gasteiger partial charge in [0.15, 0.2) is 5.69 Å². The van der Waals surface area contributed by atoms with Crippen LogP contribution in [0.25, 0.3) is 22.8 Å². The van der Waals surface area contributed by atoms with Gasteiger partial charge in [-0.2, -0.15) is 23.3 Å². The number of aliphatic hydroxyl groups excluding tert-OH is 1. The summed E-state index contributed by atoms with van der Waals surface area (Å²) in [5.74, 6) is -0.919. The number of piperidine rings is 1. The van der Waals surface area contributed by atoms with E-state index in [0.29, 0.717) is 28.9 Å². The van der Waals surface area contributed by atoms with E-state index < -0.39 is 23.9 Å². The molecule has 1 fully saturated rings. The second-order valence-electron chi connectivity index (χ2n) is 8.45. The van der Waals surface area contributed by atoms with Gasteiger partial charge >= 0.3 is 12.1 Å². The molecule has 0 bridgehead atoms. The number of alkyl halides is 3. The molecule has 34 heavy (non-hydrogen) atoms. The second kappa shape index (κ2) is 9.55. The van der Waals surface area contributed by atoms with E-state index in [1.807, 2.05) is 0 Å². The third-order valence-electron chi connectivity index (χ3n) is 5.91. The van der Waals surface area contributed by atoms with E-state index in [2.05, 4.69) is 20.1 Å². The summed E-state index contributed by atoms with van der Waals surface area (Å²) in [7, 11) is 1.18. The SMILES string of the molecule is Cn1ncc(-c2nc(-c3ccc([C@H](O)CN4CCC[C@H](CC(=O)O)C4)cc3)no2)c1C(F)(F)F. The van der Waals surface area contributed by atoms with Crippen LogP contribution in [-0.4, -0.2) is 60.6 Å². The molecule has 3 heterocycles. The number of aromatic nitrogens is 4. The molecular weight excluding hydrogens is 455 g/mol. The smallest absolute Gasteiger partial charge is 0.433 e. The number of likely N-dealkylation sites (tertiary alicyclic amines) is 1. The summed E-state index contributed by atoms with van der Waals surface area (Å²) in [5.41, 5.74) is -0.115. The topological polar surface area (TPSA) is 118 Å². The minimum Gasteiger partial charge on any atom is -0.481 e. The van der Waals surface area contributed by atoms with Crippen LogP contribution < -0.4 is 0 Å². The number of halogens is 3. The highest BCUT2D eigenvalue weighted by molar-refractivity contribution is 5.67. The number of carboxylic acids is 1. The Morgan fingerprint density at radius 3 is 2.71 bits per heavy atom. The first-order valence-electron chi connectivity index (χ1n) is 10.8. The van der Waals surface area contributed by atoms with Crippen LogP contribution in [0.5, 0.6) is 0 Å². The van der Waals surface area contributed by atoms with Gasteiger partial charge in [-0.05, 0) is 30.9 Å². The number of nitrogens with zero attached hydrogens (tertiary/aromatic N) is 5. The van der Waals surface area contributed by atoms with E-state index in [4.69, 9.17) is 9.63 Å². The van der Waals surface area contributed by atoms with Gasteiger partial charge in [0.05, 0.1) is 17.9 Å². The molecule has 0 radical (unpaired) electrons. The molecule has 1 aromatic carbocycles. The molecule has 9 nitrogen and oxygen atoms in total. The zero-order chi connectivity index (χ0) is 24.5. The van der Waals surface area contributed by atoms with Crippen molar-refractivity contribution in [1.82, 2.24) is 24.8 Å². The maximum atomic E-state index is 13.3. The summed E-state index contributed by atoms with van der Waals surface area (Å²) >= 11 is 0. The van der Waals surface area contributed by atoms with Gasteiger partial charge in [-0.25, -0.2) is 0 Å². The van der Waals surface area contributed by atoms with Crippen molar-refractivity contribution >= 4 is 5.97 Å². The van der Waals surface area contributed by atoms with Crippen LogP contribution in [0, 0.1) is 5.92 Å². The van der Waals surface area contributed by atoms with Crippen LogP contribution in [0.3, 0.4) is 0 Å². The molecule has 2 atom stereocenters. The maximum Gasteiger partial charge on any atom is 0.433 e. The van der Waals surface area contributed by atoms with E-state index in [9.17, 15) is 23.1 Å².